The zero-order valence-corrected chi connectivity index (χ0v) is 30.6. The molecule has 9 aromatic rings. The molecule has 0 bridgehead atoms. The number of hydrogen-bond donors (Lipinski definition) is 0. The summed E-state index contributed by atoms with van der Waals surface area (Å²) in [6, 6.07) is 71.5. The highest BCUT2D eigenvalue weighted by Gasteiger charge is 2.53. The van der Waals surface area contributed by atoms with Crippen LogP contribution in [0.4, 0.5) is 17.1 Å². The summed E-state index contributed by atoms with van der Waals surface area (Å²) < 4.78 is 1.23. The van der Waals surface area contributed by atoms with Crippen LogP contribution in [0.5, 0.6) is 0 Å². The number of nitrogens with zero attached hydrogens (tertiary/aromatic N) is 2. The van der Waals surface area contributed by atoms with Crippen LogP contribution in [-0.2, 0) is 0 Å². The van der Waals surface area contributed by atoms with Crippen molar-refractivity contribution in [2.75, 3.05) is 4.90 Å². The van der Waals surface area contributed by atoms with Gasteiger partial charge in [-0.15, -0.1) is 11.3 Å². The van der Waals surface area contributed by atoms with Crippen LogP contribution in [0.25, 0.3) is 54.2 Å². The van der Waals surface area contributed by atoms with E-state index in [0.29, 0.717) is 0 Å². The van der Waals surface area contributed by atoms with E-state index in [-0.39, 0.29) is 0 Å². The van der Waals surface area contributed by atoms with Gasteiger partial charge in [-0.05, 0) is 115 Å². The Balaban J connectivity index is 1.04. The molecular formula is C49H32N2SSi. The maximum Gasteiger partial charge on any atom is 0.182 e. The van der Waals surface area contributed by atoms with Crippen molar-refractivity contribution in [2.45, 2.75) is 0 Å². The van der Waals surface area contributed by atoms with E-state index in [1.54, 1.807) is 11.3 Å². The first-order chi connectivity index (χ1) is 26.3. The Hall–Kier alpha value is -6.33. The highest BCUT2D eigenvalue weighted by molar-refractivity contribution is 7.24. The highest BCUT2D eigenvalue weighted by Crippen LogP contribution is 2.41. The average Bonchev–Trinajstić information content (AvgIpc) is 3.89. The molecule has 1 unspecified atom stereocenters. The van der Waals surface area contributed by atoms with Gasteiger partial charge in [0.2, 0.25) is 0 Å². The van der Waals surface area contributed by atoms with E-state index in [4.69, 9.17) is 4.98 Å². The van der Waals surface area contributed by atoms with E-state index in [1.807, 2.05) is 0 Å². The summed E-state index contributed by atoms with van der Waals surface area (Å²) in [5.74, 6) is 0. The Morgan fingerprint density at radius 1 is 0.377 bits per heavy atom. The number of thiazole rings is 1. The van der Waals surface area contributed by atoms with Crippen molar-refractivity contribution in [3.63, 3.8) is 0 Å². The second-order valence-corrected chi connectivity index (χ2v) is 18.6. The molecular weight excluding hydrogens is 677 g/mol. The molecule has 248 valence electrons. The number of fused-ring (bicyclic) bond motifs is 11. The molecule has 2 aliphatic heterocycles. The fourth-order valence-electron chi connectivity index (χ4n) is 8.86. The lowest BCUT2D eigenvalue weighted by Crippen LogP contribution is -2.70. The molecule has 0 amide bonds. The van der Waals surface area contributed by atoms with Gasteiger partial charge < -0.3 is 4.90 Å². The normalized spacial score (nSPS) is 14.9. The van der Waals surface area contributed by atoms with Crippen LogP contribution in [0.2, 0.25) is 0 Å². The van der Waals surface area contributed by atoms with Crippen LogP contribution in [0, 0.1) is 0 Å². The van der Waals surface area contributed by atoms with Gasteiger partial charge in [0.1, 0.15) is 5.01 Å². The number of aromatic nitrogens is 1. The molecule has 0 N–H and O–H groups in total. The van der Waals surface area contributed by atoms with Crippen LogP contribution in [-0.4, -0.2) is 13.1 Å². The van der Waals surface area contributed by atoms with E-state index in [2.05, 4.69) is 199 Å². The predicted molar refractivity (Wildman–Crippen MR) is 227 cm³/mol. The summed E-state index contributed by atoms with van der Waals surface area (Å²) >= 11 is 1.77. The molecule has 1 spiro atoms. The molecule has 0 saturated heterocycles. The fraction of sp³-hybridized carbons (Fsp3) is 0. The summed E-state index contributed by atoms with van der Waals surface area (Å²) in [6.45, 7) is 0. The number of anilines is 3. The predicted octanol–water partition coefficient (Wildman–Crippen LogP) is 10.4. The maximum absolute atomic E-state index is 5.04. The second kappa shape index (κ2) is 11.9. The Bertz CT molecular complexity index is 2770. The molecule has 11 rings (SSSR count). The van der Waals surface area contributed by atoms with Crippen molar-refractivity contribution in [2.24, 2.45) is 0 Å². The summed E-state index contributed by atoms with van der Waals surface area (Å²) in [6.07, 6.45) is 0. The number of para-hydroxylation sites is 3. The van der Waals surface area contributed by atoms with Gasteiger partial charge in [-0.25, -0.2) is 4.98 Å². The first kappa shape index (κ1) is 30.3. The Morgan fingerprint density at radius 3 is 1.47 bits per heavy atom. The minimum absolute atomic E-state index is 1.06. The van der Waals surface area contributed by atoms with Crippen molar-refractivity contribution in [3.8, 4) is 44.0 Å². The van der Waals surface area contributed by atoms with Crippen molar-refractivity contribution >= 4 is 67.4 Å². The van der Waals surface area contributed by atoms with Gasteiger partial charge in [-0.1, -0.05) is 133 Å². The van der Waals surface area contributed by atoms with Crippen LogP contribution in [0.3, 0.4) is 0 Å². The van der Waals surface area contributed by atoms with Crippen molar-refractivity contribution < 1.29 is 0 Å². The lowest BCUT2D eigenvalue weighted by Gasteiger charge is -2.28. The number of rotatable bonds is 5. The summed E-state index contributed by atoms with van der Waals surface area (Å²) in [5.41, 5.74) is 13.6. The number of benzene rings is 8. The van der Waals surface area contributed by atoms with Gasteiger partial charge in [0, 0.05) is 22.6 Å². The molecule has 0 radical (unpaired) electrons. The molecule has 0 fully saturated rings. The lowest BCUT2D eigenvalue weighted by atomic mass is 9.99. The maximum atomic E-state index is 5.04. The van der Waals surface area contributed by atoms with Crippen molar-refractivity contribution in [3.05, 3.63) is 194 Å². The molecule has 1 aromatic heterocycles. The average molecular weight is 709 g/mol. The molecule has 2 aliphatic rings. The largest absolute Gasteiger partial charge is 0.311 e. The van der Waals surface area contributed by atoms with Crippen LogP contribution in [0.15, 0.2) is 194 Å². The van der Waals surface area contributed by atoms with Crippen LogP contribution < -0.4 is 25.6 Å². The van der Waals surface area contributed by atoms with Gasteiger partial charge >= 0.3 is 0 Å². The minimum Gasteiger partial charge on any atom is -0.311 e. The van der Waals surface area contributed by atoms with Gasteiger partial charge in [-0.2, -0.15) is 0 Å². The molecule has 2 nitrogen and oxygen atoms in total. The van der Waals surface area contributed by atoms with E-state index < -0.39 is 8.07 Å². The molecule has 4 heteroatoms. The van der Waals surface area contributed by atoms with Crippen molar-refractivity contribution in [1.82, 2.24) is 4.98 Å². The Labute approximate surface area is 314 Å². The number of hydrogen-bond acceptors (Lipinski definition) is 3. The monoisotopic (exact) mass is 708 g/mol. The lowest BCUT2D eigenvalue weighted by molar-refractivity contribution is 1.28. The Kier molecular flexibility index (Phi) is 6.78. The molecule has 1 atom stereocenters. The summed E-state index contributed by atoms with van der Waals surface area (Å²) in [4.78, 5) is 7.35. The third kappa shape index (κ3) is 4.53. The third-order valence-corrected chi connectivity index (χ3v) is 17.2. The van der Waals surface area contributed by atoms with Crippen LogP contribution >= 0.6 is 11.3 Å². The molecule has 0 aliphatic carbocycles. The van der Waals surface area contributed by atoms with Gasteiger partial charge in [0.05, 0.1) is 10.2 Å². The molecule has 0 saturated carbocycles. The first-order valence-electron chi connectivity index (χ1n) is 18.1. The molecule has 8 aromatic carbocycles. The zero-order valence-electron chi connectivity index (χ0n) is 28.8. The van der Waals surface area contributed by atoms with E-state index in [1.165, 1.54) is 64.4 Å². The van der Waals surface area contributed by atoms with E-state index in [9.17, 15) is 0 Å². The standard InChI is InChI=1S/C49H32N2SSi/c1-3-13-36(14-4-1)51(37-15-5-2-6-16-37)38-27-23-33(24-28-38)34-25-29-47-41(31-34)39-17-7-11-21-45(39)53(47)46-22-12-8-18-40(46)42-32-35(26-30-48(42)53)49-50-43-19-9-10-20-44(43)52-49/h1-32H. The van der Waals surface area contributed by atoms with Crippen LogP contribution in [0.1, 0.15) is 0 Å². The highest BCUT2D eigenvalue weighted by atomic mass is 32.1. The topological polar surface area (TPSA) is 16.1 Å². The summed E-state index contributed by atoms with van der Waals surface area (Å²) in [7, 11) is -2.55. The first-order valence-corrected chi connectivity index (χ1v) is 20.9. The van der Waals surface area contributed by atoms with E-state index in [0.717, 1.165) is 27.6 Å². The summed E-state index contributed by atoms with van der Waals surface area (Å²) in [5, 5.41) is 7.02. The molecule has 3 heterocycles. The molecule has 53 heavy (non-hydrogen) atoms. The fourth-order valence-corrected chi connectivity index (χ4v) is 15.4. The van der Waals surface area contributed by atoms with E-state index >= 15 is 0 Å². The smallest absolute Gasteiger partial charge is 0.182 e. The second-order valence-electron chi connectivity index (χ2n) is 13.9. The van der Waals surface area contributed by atoms with Gasteiger partial charge in [0.25, 0.3) is 0 Å². The quantitative estimate of drug-likeness (QED) is 0.166. The van der Waals surface area contributed by atoms with Gasteiger partial charge in [-0.3, -0.25) is 0 Å². The minimum atomic E-state index is -2.55. The SMILES string of the molecule is c1ccc(N(c2ccccc2)c2ccc(-c3ccc4c(c3)-c3ccccc3[Si]43c4ccccc4-c4cc(-c5nc6ccccc6s5)ccc43)cc2)cc1. The Morgan fingerprint density at radius 2 is 0.849 bits per heavy atom. The third-order valence-electron chi connectivity index (χ3n) is 11.1. The van der Waals surface area contributed by atoms with Gasteiger partial charge in [0.15, 0.2) is 8.07 Å². The zero-order chi connectivity index (χ0) is 34.9. The van der Waals surface area contributed by atoms with Crippen molar-refractivity contribution in [1.29, 1.82) is 0 Å².